The molecule has 0 spiro atoms. The molecular weight excluding hydrogens is 212 g/mol. The van der Waals surface area contributed by atoms with E-state index in [-0.39, 0.29) is 6.04 Å². The number of nitrogens with two attached hydrogens (primary N) is 1. The summed E-state index contributed by atoms with van der Waals surface area (Å²) in [6.07, 6.45) is 1.94. The zero-order valence-corrected chi connectivity index (χ0v) is 11.1. The Hall–Kier alpha value is -1.06. The lowest BCUT2D eigenvalue weighted by Gasteiger charge is -2.23. The van der Waals surface area contributed by atoms with Gasteiger partial charge in [0.05, 0.1) is 6.61 Å². The van der Waals surface area contributed by atoms with Crippen LogP contribution in [0.15, 0.2) is 24.3 Å². The smallest absolute Gasteiger partial charge is 0.0637 e. The molecule has 0 heterocycles. The molecule has 0 aliphatic heterocycles. The predicted molar refractivity (Wildman–Crippen MR) is 73.6 cm³/mol. The van der Waals surface area contributed by atoms with Gasteiger partial charge in [-0.3, -0.25) is 0 Å². The lowest BCUT2D eigenvalue weighted by Crippen LogP contribution is -2.26. The first-order chi connectivity index (χ1) is 8.19. The number of hydrogen-bond acceptors (Lipinski definition) is 3. The molecule has 0 aliphatic carbocycles. The second kappa shape index (κ2) is 7.30. The average Bonchev–Trinajstić information content (AvgIpc) is 2.36. The second-order valence-corrected chi connectivity index (χ2v) is 4.42. The van der Waals surface area contributed by atoms with Crippen molar-refractivity contribution >= 4 is 5.69 Å². The molecule has 0 aromatic heterocycles. The molecule has 17 heavy (non-hydrogen) atoms. The van der Waals surface area contributed by atoms with E-state index in [0.29, 0.717) is 0 Å². The van der Waals surface area contributed by atoms with Crippen LogP contribution in [0.5, 0.6) is 0 Å². The van der Waals surface area contributed by atoms with Crippen molar-refractivity contribution in [3.63, 3.8) is 0 Å². The van der Waals surface area contributed by atoms with Gasteiger partial charge >= 0.3 is 0 Å². The third-order valence-electron chi connectivity index (χ3n) is 3.04. The van der Waals surface area contributed by atoms with Gasteiger partial charge in [-0.15, -0.1) is 0 Å². The molecule has 0 radical (unpaired) electrons. The Labute approximate surface area is 105 Å². The second-order valence-electron chi connectivity index (χ2n) is 4.42. The lowest BCUT2D eigenvalue weighted by atomic mass is 10.0. The van der Waals surface area contributed by atoms with Crippen LogP contribution in [0.25, 0.3) is 0 Å². The molecule has 1 atom stereocenters. The molecule has 3 heteroatoms. The Morgan fingerprint density at radius 1 is 1.35 bits per heavy atom. The fourth-order valence-electron chi connectivity index (χ4n) is 1.83. The van der Waals surface area contributed by atoms with Crippen LogP contribution in [-0.2, 0) is 11.2 Å². The largest absolute Gasteiger partial charge is 0.383 e. The highest BCUT2D eigenvalue weighted by atomic mass is 16.5. The van der Waals surface area contributed by atoms with E-state index in [1.165, 1.54) is 11.3 Å². The highest BCUT2D eigenvalue weighted by molar-refractivity contribution is 5.53. The summed E-state index contributed by atoms with van der Waals surface area (Å²) in [6, 6.07) is 8.69. The van der Waals surface area contributed by atoms with Crippen LogP contribution >= 0.6 is 0 Å². The number of nitrogens with zero attached hydrogens (tertiary/aromatic N) is 1. The minimum absolute atomic E-state index is 0.243. The molecule has 1 aromatic carbocycles. The minimum Gasteiger partial charge on any atom is -0.383 e. The molecule has 1 aromatic rings. The van der Waals surface area contributed by atoms with Crippen molar-refractivity contribution in [2.45, 2.75) is 25.8 Å². The summed E-state index contributed by atoms with van der Waals surface area (Å²) in [5.41, 5.74) is 8.61. The Kier molecular flexibility index (Phi) is 6.01. The van der Waals surface area contributed by atoms with E-state index in [1.807, 2.05) is 0 Å². The molecule has 1 unspecified atom stereocenters. The molecule has 0 bridgehead atoms. The zero-order chi connectivity index (χ0) is 12.7. The molecule has 0 amide bonds. The summed E-state index contributed by atoms with van der Waals surface area (Å²) in [6.45, 7) is 3.77. The van der Waals surface area contributed by atoms with Crippen molar-refractivity contribution in [3.8, 4) is 0 Å². The van der Waals surface area contributed by atoms with Crippen LogP contribution in [0, 0.1) is 0 Å². The number of para-hydroxylation sites is 1. The molecule has 96 valence electrons. The summed E-state index contributed by atoms with van der Waals surface area (Å²) in [5.74, 6) is 0. The van der Waals surface area contributed by atoms with Crippen LogP contribution < -0.4 is 10.6 Å². The Balaban J connectivity index is 2.76. The van der Waals surface area contributed by atoms with Gasteiger partial charge in [0, 0.05) is 32.4 Å². The van der Waals surface area contributed by atoms with Crippen LogP contribution in [0.3, 0.4) is 0 Å². The lowest BCUT2D eigenvalue weighted by molar-refractivity contribution is 0.206. The SMILES string of the molecule is CCC(N)Cc1ccccc1N(C)CCOC. The molecule has 3 nitrogen and oxygen atoms in total. The van der Waals surface area contributed by atoms with Gasteiger partial charge in [0.1, 0.15) is 0 Å². The van der Waals surface area contributed by atoms with E-state index in [1.54, 1.807) is 7.11 Å². The van der Waals surface area contributed by atoms with Crippen molar-refractivity contribution in [3.05, 3.63) is 29.8 Å². The molecule has 1 rings (SSSR count). The normalized spacial score (nSPS) is 12.5. The van der Waals surface area contributed by atoms with Crippen LogP contribution in [0.2, 0.25) is 0 Å². The Bertz CT molecular complexity index is 328. The van der Waals surface area contributed by atoms with Gasteiger partial charge in [-0.1, -0.05) is 25.1 Å². The number of methoxy groups -OCH3 is 1. The molecule has 0 aliphatic rings. The first kappa shape index (κ1) is 14.0. The van der Waals surface area contributed by atoms with E-state index in [4.69, 9.17) is 10.5 Å². The predicted octanol–water partition coefficient (Wildman–Crippen LogP) is 2.05. The van der Waals surface area contributed by atoms with E-state index in [9.17, 15) is 0 Å². The van der Waals surface area contributed by atoms with E-state index >= 15 is 0 Å². The third-order valence-corrected chi connectivity index (χ3v) is 3.04. The Morgan fingerprint density at radius 2 is 2.06 bits per heavy atom. The highest BCUT2D eigenvalue weighted by Crippen LogP contribution is 2.20. The molecule has 2 N–H and O–H groups in total. The number of ether oxygens (including phenoxy) is 1. The molecule has 0 fully saturated rings. The molecular formula is C14H24N2O. The van der Waals surface area contributed by atoms with Gasteiger partial charge in [-0.25, -0.2) is 0 Å². The highest BCUT2D eigenvalue weighted by Gasteiger charge is 2.09. The summed E-state index contributed by atoms with van der Waals surface area (Å²) in [5, 5.41) is 0. The molecule has 0 saturated heterocycles. The summed E-state index contributed by atoms with van der Waals surface area (Å²) < 4.78 is 5.11. The first-order valence-corrected chi connectivity index (χ1v) is 6.22. The van der Waals surface area contributed by atoms with Crippen LogP contribution in [-0.4, -0.2) is 33.4 Å². The van der Waals surface area contributed by atoms with Crippen molar-refractivity contribution in [2.24, 2.45) is 5.73 Å². The van der Waals surface area contributed by atoms with E-state index in [0.717, 1.165) is 26.0 Å². The summed E-state index contributed by atoms with van der Waals surface area (Å²) in [4.78, 5) is 2.22. The van der Waals surface area contributed by atoms with Crippen LogP contribution in [0.1, 0.15) is 18.9 Å². The van der Waals surface area contributed by atoms with Crippen molar-refractivity contribution in [1.29, 1.82) is 0 Å². The quantitative estimate of drug-likeness (QED) is 0.787. The van der Waals surface area contributed by atoms with Gasteiger partial charge in [0.15, 0.2) is 0 Å². The zero-order valence-electron chi connectivity index (χ0n) is 11.1. The minimum atomic E-state index is 0.243. The number of anilines is 1. The first-order valence-electron chi connectivity index (χ1n) is 6.22. The van der Waals surface area contributed by atoms with Crippen molar-refractivity contribution in [1.82, 2.24) is 0 Å². The van der Waals surface area contributed by atoms with Crippen molar-refractivity contribution in [2.75, 3.05) is 32.2 Å². The third kappa shape index (κ3) is 4.36. The standard InChI is InChI=1S/C14H24N2O/c1-4-13(15)11-12-7-5-6-8-14(12)16(2)9-10-17-3/h5-8,13H,4,9-11,15H2,1-3H3. The number of hydrogen-bond donors (Lipinski definition) is 1. The van der Waals surface area contributed by atoms with Gasteiger partial charge in [-0.2, -0.15) is 0 Å². The monoisotopic (exact) mass is 236 g/mol. The van der Waals surface area contributed by atoms with Gasteiger partial charge in [-0.05, 0) is 24.5 Å². The Morgan fingerprint density at radius 3 is 2.71 bits per heavy atom. The van der Waals surface area contributed by atoms with Gasteiger partial charge < -0.3 is 15.4 Å². The van der Waals surface area contributed by atoms with E-state index < -0.39 is 0 Å². The van der Waals surface area contributed by atoms with Gasteiger partial charge in [0.25, 0.3) is 0 Å². The molecule has 0 saturated carbocycles. The fourth-order valence-corrected chi connectivity index (χ4v) is 1.83. The van der Waals surface area contributed by atoms with Crippen molar-refractivity contribution < 1.29 is 4.74 Å². The van der Waals surface area contributed by atoms with Crippen LogP contribution in [0.4, 0.5) is 5.69 Å². The maximum atomic E-state index is 6.03. The average molecular weight is 236 g/mol. The topological polar surface area (TPSA) is 38.5 Å². The maximum Gasteiger partial charge on any atom is 0.0637 e. The number of rotatable bonds is 7. The summed E-state index contributed by atoms with van der Waals surface area (Å²) >= 11 is 0. The van der Waals surface area contributed by atoms with E-state index in [2.05, 4.69) is 43.1 Å². The maximum absolute atomic E-state index is 6.03. The summed E-state index contributed by atoms with van der Waals surface area (Å²) in [7, 11) is 3.82. The van der Waals surface area contributed by atoms with Gasteiger partial charge in [0.2, 0.25) is 0 Å². The fraction of sp³-hybridized carbons (Fsp3) is 0.571. The number of benzene rings is 1. The number of likely N-dealkylation sites (N-methyl/N-ethyl adjacent to an activating group) is 1.